The van der Waals surface area contributed by atoms with Crippen molar-refractivity contribution in [2.24, 2.45) is 5.92 Å². The number of carbonyl (C=O) groups excluding carboxylic acids is 4. The Morgan fingerprint density at radius 1 is 0.337 bits per heavy atom. The highest BCUT2D eigenvalue weighted by molar-refractivity contribution is 7.47. The summed E-state index contributed by atoms with van der Waals surface area (Å²) in [5.74, 6) is -1.37. The van der Waals surface area contributed by atoms with E-state index in [4.69, 9.17) is 37.0 Å². The van der Waals surface area contributed by atoms with Crippen LogP contribution in [0.4, 0.5) is 0 Å². The monoisotopic (exact) mass is 1230 g/mol. The lowest BCUT2D eigenvalue weighted by atomic mass is 9.99. The van der Waals surface area contributed by atoms with Gasteiger partial charge in [0.15, 0.2) is 12.2 Å². The van der Waals surface area contributed by atoms with Gasteiger partial charge >= 0.3 is 39.5 Å². The number of esters is 4. The molecule has 17 nitrogen and oxygen atoms in total. The highest BCUT2D eigenvalue weighted by Crippen LogP contribution is 2.45. The molecular weight excluding hydrogens is 1100 g/mol. The fourth-order valence-electron chi connectivity index (χ4n) is 9.55. The number of carbonyl (C=O) groups is 4. The zero-order valence-electron chi connectivity index (χ0n) is 53.3. The molecule has 0 radical (unpaired) electrons. The first-order valence-corrected chi connectivity index (χ1v) is 36.7. The van der Waals surface area contributed by atoms with E-state index in [1.165, 1.54) is 135 Å². The first-order valence-electron chi connectivity index (χ1n) is 33.7. The second-order valence-electron chi connectivity index (χ2n) is 23.4. The van der Waals surface area contributed by atoms with E-state index in [-0.39, 0.29) is 25.7 Å². The predicted molar refractivity (Wildman–Crippen MR) is 331 cm³/mol. The molecule has 0 aromatic rings. The lowest BCUT2D eigenvalue weighted by Gasteiger charge is -2.21. The van der Waals surface area contributed by atoms with Crippen LogP contribution in [-0.2, 0) is 65.4 Å². The SMILES string of the molecule is CCCCCCCCCCCCCCCCCCCCC(=O)O[C@H](COC(=O)CCCCCCCCCCC(C)CC)COP(=O)(O)OC[C@@H](O)COP(=O)(O)OC[C@@H](COC(=O)CCCCCCC)OC(=O)CCCCCCCCCC. The maximum Gasteiger partial charge on any atom is 0.472 e. The minimum absolute atomic E-state index is 0.104. The zero-order valence-corrected chi connectivity index (χ0v) is 55.1. The molecule has 0 bridgehead atoms. The zero-order chi connectivity index (χ0) is 61.3. The van der Waals surface area contributed by atoms with Crippen molar-refractivity contribution in [1.82, 2.24) is 0 Å². The van der Waals surface area contributed by atoms with Gasteiger partial charge in [0.1, 0.15) is 19.3 Å². The van der Waals surface area contributed by atoms with Crippen LogP contribution in [-0.4, -0.2) is 96.7 Å². The van der Waals surface area contributed by atoms with Crippen LogP contribution >= 0.6 is 15.6 Å². The van der Waals surface area contributed by atoms with Crippen LogP contribution in [0, 0.1) is 5.92 Å². The van der Waals surface area contributed by atoms with Crippen LogP contribution in [0.5, 0.6) is 0 Å². The molecule has 0 fully saturated rings. The van der Waals surface area contributed by atoms with Crippen molar-refractivity contribution in [1.29, 1.82) is 0 Å². The van der Waals surface area contributed by atoms with Crippen molar-refractivity contribution < 1.29 is 80.2 Å². The van der Waals surface area contributed by atoms with E-state index in [9.17, 15) is 43.2 Å². The molecule has 0 spiro atoms. The second kappa shape index (κ2) is 57.8. The number of phosphoric acid groups is 2. The van der Waals surface area contributed by atoms with Gasteiger partial charge in [0.25, 0.3) is 0 Å². The van der Waals surface area contributed by atoms with Crippen LogP contribution < -0.4 is 0 Å². The van der Waals surface area contributed by atoms with Gasteiger partial charge in [-0.3, -0.25) is 37.3 Å². The van der Waals surface area contributed by atoms with Gasteiger partial charge in [-0.1, -0.05) is 272 Å². The topological polar surface area (TPSA) is 237 Å². The predicted octanol–water partition coefficient (Wildman–Crippen LogP) is 17.8. The average molecular weight is 1230 g/mol. The summed E-state index contributed by atoms with van der Waals surface area (Å²) in [6, 6.07) is 0. The maximum absolute atomic E-state index is 13.0. The first-order chi connectivity index (χ1) is 40.1. The molecule has 83 heavy (non-hydrogen) atoms. The Kier molecular flexibility index (Phi) is 56.4. The molecule has 0 aromatic carbocycles. The molecule has 19 heteroatoms. The normalized spacial score (nSPS) is 14.6. The molecular formula is C64H124O17P2. The minimum Gasteiger partial charge on any atom is -0.462 e. The number of hydrogen-bond donors (Lipinski definition) is 3. The molecule has 492 valence electrons. The van der Waals surface area contributed by atoms with Crippen molar-refractivity contribution in [2.45, 2.75) is 342 Å². The number of phosphoric ester groups is 2. The fraction of sp³-hybridized carbons (Fsp3) is 0.938. The number of aliphatic hydroxyl groups excluding tert-OH is 1. The Bertz CT molecular complexity index is 1620. The van der Waals surface area contributed by atoms with Gasteiger partial charge in [0, 0.05) is 25.7 Å². The quantitative estimate of drug-likeness (QED) is 0.0222. The summed E-state index contributed by atoms with van der Waals surface area (Å²) in [5, 5.41) is 10.5. The average Bonchev–Trinajstić information content (AvgIpc) is 3.46. The van der Waals surface area contributed by atoms with Crippen LogP contribution in [0.2, 0.25) is 0 Å². The molecule has 6 atom stereocenters. The lowest BCUT2D eigenvalue weighted by molar-refractivity contribution is -0.161. The number of ether oxygens (including phenoxy) is 4. The largest absolute Gasteiger partial charge is 0.472 e. The summed E-state index contributed by atoms with van der Waals surface area (Å²) in [6.07, 6.45) is 42.1. The molecule has 0 rings (SSSR count). The smallest absolute Gasteiger partial charge is 0.462 e. The maximum atomic E-state index is 13.0. The molecule has 0 aliphatic heterocycles. The molecule has 3 N–H and O–H groups in total. The van der Waals surface area contributed by atoms with E-state index >= 15 is 0 Å². The summed E-state index contributed by atoms with van der Waals surface area (Å²) in [7, 11) is -9.87. The Balaban J connectivity index is 5.13. The Hall–Kier alpha value is -1.94. The summed E-state index contributed by atoms with van der Waals surface area (Å²) < 4.78 is 67.7. The third-order valence-electron chi connectivity index (χ3n) is 15.1. The van der Waals surface area contributed by atoms with Gasteiger partial charge in [-0.2, -0.15) is 0 Å². The Morgan fingerprint density at radius 3 is 0.855 bits per heavy atom. The summed E-state index contributed by atoms with van der Waals surface area (Å²) in [4.78, 5) is 71.9. The van der Waals surface area contributed by atoms with Gasteiger partial charge in [0.2, 0.25) is 0 Å². The fourth-order valence-corrected chi connectivity index (χ4v) is 11.1. The Morgan fingerprint density at radius 2 is 0.578 bits per heavy atom. The Labute approximate surface area is 505 Å². The molecule has 3 unspecified atom stereocenters. The highest BCUT2D eigenvalue weighted by Gasteiger charge is 2.30. The number of hydrogen-bond acceptors (Lipinski definition) is 15. The molecule has 0 aliphatic rings. The standard InChI is InChI=1S/C64H124O17P2/c1-6-10-13-16-18-20-21-22-23-24-25-26-27-28-29-35-40-45-50-64(69)81-60(54-75-62(67)48-43-38-34-31-30-32-37-41-46-57(5)9-4)56-79-83(72,73)77-52-58(65)51-76-82(70,71)78-55-59(53-74-61(66)47-42-36-15-12-8-3)80-63(68)49-44-39-33-19-17-14-11-7-2/h57-60,65H,6-56H2,1-5H3,(H,70,71)(H,72,73)/t57?,58-,59+,60+/m0/s1. The van der Waals surface area contributed by atoms with Crippen molar-refractivity contribution in [3.63, 3.8) is 0 Å². The molecule has 0 aliphatic carbocycles. The summed E-state index contributed by atoms with van der Waals surface area (Å²) in [5.41, 5.74) is 0. The molecule has 0 aromatic heterocycles. The van der Waals surface area contributed by atoms with Gasteiger partial charge in [-0.15, -0.1) is 0 Å². The van der Waals surface area contributed by atoms with Gasteiger partial charge < -0.3 is 33.8 Å². The lowest BCUT2D eigenvalue weighted by Crippen LogP contribution is -2.30. The van der Waals surface area contributed by atoms with Crippen molar-refractivity contribution >= 4 is 39.5 Å². The summed E-state index contributed by atoms with van der Waals surface area (Å²) in [6.45, 7) is 7.08. The van der Waals surface area contributed by atoms with Gasteiger partial charge in [-0.25, -0.2) is 9.13 Å². The third kappa shape index (κ3) is 57.6. The molecule has 0 amide bonds. The first kappa shape index (κ1) is 81.1. The van der Waals surface area contributed by atoms with Gasteiger partial charge in [0.05, 0.1) is 26.4 Å². The number of unbranched alkanes of at least 4 members (excludes halogenated alkanes) is 35. The van der Waals surface area contributed by atoms with Crippen LogP contribution in [0.15, 0.2) is 0 Å². The number of rotatable bonds is 64. The van der Waals surface area contributed by atoms with Crippen molar-refractivity contribution in [3.8, 4) is 0 Å². The van der Waals surface area contributed by atoms with E-state index in [2.05, 4.69) is 34.6 Å². The minimum atomic E-state index is -4.94. The molecule has 0 saturated carbocycles. The summed E-state index contributed by atoms with van der Waals surface area (Å²) >= 11 is 0. The van der Waals surface area contributed by atoms with Crippen molar-refractivity contribution in [3.05, 3.63) is 0 Å². The van der Waals surface area contributed by atoms with Gasteiger partial charge in [-0.05, 0) is 31.6 Å². The van der Waals surface area contributed by atoms with E-state index < -0.39 is 97.5 Å². The third-order valence-corrected chi connectivity index (χ3v) is 17.0. The van der Waals surface area contributed by atoms with E-state index in [0.29, 0.717) is 25.7 Å². The van der Waals surface area contributed by atoms with E-state index in [1.807, 2.05) is 0 Å². The van der Waals surface area contributed by atoms with E-state index in [0.717, 1.165) is 109 Å². The second-order valence-corrected chi connectivity index (χ2v) is 26.3. The highest BCUT2D eigenvalue weighted by atomic mass is 31.2. The van der Waals surface area contributed by atoms with Crippen molar-refractivity contribution in [2.75, 3.05) is 39.6 Å². The molecule has 0 saturated heterocycles. The molecule has 0 heterocycles. The van der Waals surface area contributed by atoms with Crippen LogP contribution in [0.25, 0.3) is 0 Å². The number of aliphatic hydroxyl groups is 1. The van der Waals surface area contributed by atoms with Crippen LogP contribution in [0.3, 0.4) is 0 Å². The van der Waals surface area contributed by atoms with E-state index in [1.54, 1.807) is 0 Å². The van der Waals surface area contributed by atoms with Crippen LogP contribution in [0.1, 0.15) is 324 Å².